The fourth-order valence-corrected chi connectivity index (χ4v) is 2.91. The Hall–Kier alpha value is -2.87. The number of carbonyl (C=O) groups excluding carboxylic acids is 1. The molecule has 0 N–H and O–H groups in total. The molecular weight excluding hydrogens is 306 g/mol. The number of hydrogen-bond donors (Lipinski definition) is 0. The fraction of sp³-hybridized carbons (Fsp3) is 0.174. The summed E-state index contributed by atoms with van der Waals surface area (Å²) in [6.07, 6.45) is 2.29. The lowest BCUT2D eigenvalue weighted by molar-refractivity contribution is -0.118. The van der Waals surface area contributed by atoms with E-state index in [9.17, 15) is 4.79 Å². The van der Waals surface area contributed by atoms with Crippen LogP contribution in [0, 0.1) is 6.92 Å². The third-order valence-electron chi connectivity index (χ3n) is 4.25. The van der Waals surface area contributed by atoms with Crippen LogP contribution in [0.1, 0.15) is 24.0 Å². The SMILES string of the molecule is Cc1ccc(N(C(=O)CCCc2ccccc2)c2ccccc2)cc1. The van der Waals surface area contributed by atoms with E-state index in [0.29, 0.717) is 6.42 Å². The summed E-state index contributed by atoms with van der Waals surface area (Å²) in [6.45, 7) is 2.05. The third-order valence-corrected chi connectivity index (χ3v) is 4.25. The normalized spacial score (nSPS) is 10.4. The summed E-state index contributed by atoms with van der Waals surface area (Å²) in [4.78, 5) is 14.8. The lowest BCUT2D eigenvalue weighted by Crippen LogP contribution is -2.25. The Balaban J connectivity index is 1.74. The molecule has 0 fully saturated rings. The first-order valence-corrected chi connectivity index (χ1v) is 8.72. The first-order valence-electron chi connectivity index (χ1n) is 8.72. The number of para-hydroxylation sites is 1. The van der Waals surface area contributed by atoms with E-state index in [1.807, 2.05) is 77.7 Å². The maximum Gasteiger partial charge on any atom is 0.231 e. The van der Waals surface area contributed by atoms with Gasteiger partial charge in [0.15, 0.2) is 0 Å². The molecule has 0 aliphatic rings. The van der Waals surface area contributed by atoms with Crippen LogP contribution in [0.15, 0.2) is 84.9 Å². The predicted molar refractivity (Wildman–Crippen MR) is 104 cm³/mol. The van der Waals surface area contributed by atoms with Gasteiger partial charge in [0, 0.05) is 17.8 Å². The van der Waals surface area contributed by atoms with Gasteiger partial charge in [0.2, 0.25) is 5.91 Å². The highest BCUT2D eigenvalue weighted by Gasteiger charge is 2.17. The number of rotatable bonds is 6. The first kappa shape index (κ1) is 17.0. The first-order chi connectivity index (χ1) is 12.2. The zero-order valence-corrected chi connectivity index (χ0v) is 14.6. The Morgan fingerprint density at radius 1 is 0.760 bits per heavy atom. The topological polar surface area (TPSA) is 20.3 Å². The van der Waals surface area contributed by atoms with Crippen molar-refractivity contribution in [2.45, 2.75) is 26.2 Å². The van der Waals surface area contributed by atoms with Gasteiger partial charge >= 0.3 is 0 Å². The van der Waals surface area contributed by atoms with Crippen LogP contribution >= 0.6 is 0 Å². The number of hydrogen-bond acceptors (Lipinski definition) is 1. The quantitative estimate of drug-likeness (QED) is 0.569. The monoisotopic (exact) mass is 329 g/mol. The van der Waals surface area contributed by atoms with Gasteiger partial charge in [-0.3, -0.25) is 9.69 Å². The van der Waals surface area contributed by atoms with Crippen LogP contribution in [0.5, 0.6) is 0 Å². The van der Waals surface area contributed by atoms with Gasteiger partial charge in [0.05, 0.1) is 0 Å². The van der Waals surface area contributed by atoms with Crippen molar-refractivity contribution in [2.24, 2.45) is 0 Å². The minimum atomic E-state index is 0.131. The smallest absolute Gasteiger partial charge is 0.231 e. The van der Waals surface area contributed by atoms with E-state index in [1.54, 1.807) is 0 Å². The van der Waals surface area contributed by atoms with Gasteiger partial charge in [-0.1, -0.05) is 66.2 Å². The van der Waals surface area contributed by atoms with Crippen molar-refractivity contribution in [3.63, 3.8) is 0 Å². The van der Waals surface area contributed by atoms with E-state index in [2.05, 4.69) is 19.1 Å². The molecule has 1 amide bonds. The summed E-state index contributed by atoms with van der Waals surface area (Å²) in [5.41, 5.74) is 4.29. The molecule has 0 saturated heterocycles. The van der Waals surface area contributed by atoms with Gasteiger partial charge in [0.1, 0.15) is 0 Å². The standard InChI is InChI=1S/C23H23NO/c1-19-15-17-22(18-16-19)24(21-12-6-3-7-13-21)23(25)14-8-11-20-9-4-2-5-10-20/h2-7,9-10,12-13,15-18H,8,11,14H2,1H3. The molecule has 0 aromatic heterocycles. The molecule has 2 nitrogen and oxygen atoms in total. The van der Waals surface area contributed by atoms with E-state index in [1.165, 1.54) is 11.1 Å². The second-order valence-corrected chi connectivity index (χ2v) is 6.24. The summed E-state index contributed by atoms with van der Waals surface area (Å²) in [7, 11) is 0. The largest absolute Gasteiger partial charge is 0.281 e. The van der Waals surface area contributed by atoms with Crippen molar-refractivity contribution >= 4 is 17.3 Å². The molecule has 2 heteroatoms. The van der Waals surface area contributed by atoms with Gasteiger partial charge in [-0.15, -0.1) is 0 Å². The average molecular weight is 329 g/mol. The van der Waals surface area contributed by atoms with Crippen molar-refractivity contribution in [3.05, 3.63) is 96.1 Å². The Morgan fingerprint density at radius 3 is 1.96 bits per heavy atom. The van der Waals surface area contributed by atoms with Crippen molar-refractivity contribution in [3.8, 4) is 0 Å². The molecule has 0 aliphatic heterocycles. The Kier molecular flexibility index (Phi) is 5.63. The number of benzene rings is 3. The van der Waals surface area contributed by atoms with Crippen LogP contribution in [0.3, 0.4) is 0 Å². The molecular formula is C23H23NO. The molecule has 0 heterocycles. The molecule has 0 atom stereocenters. The van der Waals surface area contributed by atoms with Crippen LogP contribution in [0.4, 0.5) is 11.4 Å². The van der Waals surface area contributed by atoms with Crippen molar-refractivity contribution in [2.75, 3.05) is 4.90 Å². The number of carbonyl (C=O) groups is 1. The molecule has 0 aliphatic carbocycles. The highest BCUT2D eigenvalue weighted by molar-refractivity contribution is 6.00. The van der Waals surface area contributed by atoms with Crippen molar-refractivity contribution in [1.29, 1.82) is 0 Å². The molecule has 126 valence electrons. The van der Waals surface area contributed by atoms with E-state index < -0.39 is 0 Å². The number of aryl methyl sites for hydroxylation is 2. The second-order valence-electron chi connectivity index (χ2n) is 6.24. The number of anilines is 2. The van der Waals surface area contributed by atoms with Gasteiger partial charge in [-0.25, -0.2) is 0 Å². The van der Waals surface area contributed by atoms with Gasteiger partial charge in [-0.2, -0.15) is 0 Å². The molecule has 0 spiro atoms. The summed E-state index contributed by atoms with van der Waals surface area (Å²) in [5, 5.41) is 0. The molecule has 0 unspecified atom stereocenters. The van der Waals surface area contributed by atoms with E-state index >= 15 is 0 Å². The van der Waals surface area contributed by atoms with Crippen molar-refractivity contribution < 1.29 is 4.79 Å². The summed E-state index contributed by atoms with van der Waals surface area (Å²) in [6, 6.07) is 28.3. The predicted octanol–water partition coefficient (Wildman–Crippen LogP) is 5.68. The zero-order valence-electron chi connectivity index (χ0n) is 14.6. The molecule has 0 saturated carbocycles. The second kappa shape index (κ2) is 8.29. The maximum atomic E-state index is 12.9. The molecule has 0 bridgehead atoms. The minimum Gasteiger partial charge on any atom is -0.281 e. The molecule has 3 aromatic carbocycles. The Labute approximate surface area is 149 Å². The van der Waals surface area contributed by atoms with E-state index in [-0.39, 0.29) is 5.91 Å². The van der Waals surface area contributed by atoms with Gasteiger partial charge in [0.25, 0.3) is 0 Å². The minimum absolute atomic E-state index is 0.131. The van der Waals surface area contributed by atoms with E-state index in [0.717, 1.165) is 24.2 Å². The van der Waals surface area contributed by atoms with E-state index in [4.69, 9.17) is 0 Å². The maximum absolute atomic E-state index is 12.9. The Morgan fingerprint density at radius 2 is 1.32 bits per heavy atom. The Bertz CT molecular complexity index is 795. The van der Waals surface area contributed by atoms with Crippen LogP contribution < -0.4 is 4.90 Å². The van der Waals surface area contributed by atoms with Crippen LogP contribution in [0.2, 0.25) is 0 Å². The molecule has 3 aromatic rings. The zero-order chi connectivity index (χ0) is 17.5. The fourth-order valence-electron chi connectivity index (χ4n) is 2.91. The number of amides is 1. The number of nitrogens with zero attached hydrogens (tertiary/aromatic N) is 1. The highest BCUT2D eigenvalue weighted by Crippen LogP contribution is 2.27. The average Bonchev–Trinajstić information content (AvgIpc) is 2.65. The lowest BCUT2D eigenvalue weighted by atomic mass is 10.1. The van der Waals surface area contributed by atoms with Crippen LogP contribution in [0.25, 0.3) is 0 Å². The third kappa shape index (κ3) is 4.57. The van der Waals surface area contributed by atoms with Crippen molar-refractivity contribution in [1.82, 2.24) is 0 Å². The molecule has 3 rings (SSSR count). The molecule has 0 radical (unpaired) electrons. The summed E-state index contributed by atoms with van der Waals surface area (Å²) >= 11 is 0. The molecule has 25 heavy (non-hydrogen) atoms. The van der Waals surface area contributed by atoms with Gasteiger partial charge < -0.3 is 0 Å². The highest BCUT2D eigenvalue weighted by atomic mass is 16.2. The summed E-state index contributed by atoms with van der Waals surface area (Å²) in [5.74, 6) is 0.131. The van der Waals surface area contributed by atoms with Gasteiger partial charge in [-0.05, 0) is 49.6 Å². The van der Waals surface area contributed by atoms with Crippen LogP contribution in [-0.4, -0.2) is 5.91 Å². The summed E-state index contributed by atoms with van der Waals surface area (Å²) < 4.78 is 0. The van der Waals surface area contributed by atoms with Crippen LogP contribution in [-0.2, 0) is 11.2 Å². The lowest BCUT2D eigenvalue weighted by Gasteiger charge is -2.23.